The number of hydrogen-bond acceptors (Lipinski definition) is 2. The van der Waals surface area contributed by atoms with Gasteiger partial charge in [0.25, 0.3) is 0 Å². The summed E-state index contributed by atoms with van der Waals surface area (Å²) in [5.41, 5.74) is 2.99. The first-order valence-corrected chi connectivity index (χ1v) is 7.33. The first-order valence-electron chi connectivity index (χ1n) is 7.33. The van der Waals surface area contributed by atoms with Crippen LogP contribution in [0.4, 0.5) is 13.2 Å². The van der Waals surface area contributed by atoms with Gasteiger partial charge in [-0.25, -0.2) is 9.97 Å². The second-order valence-electron chi connectivity index (χ2n) is 5.54. The van der Waals surface area contributed by atoms with Gasteiger partial charge < -0.3 is 0 Å². The molecule has 0 radical (unpaired) electrons. The molecule has 1 aromatic carbocycles. The van der Waals surface area contributed by atoms with E-state index in [4.69, 9.17) is 0 Å². The summed E-state index contributed by atoms with van der Waals surface area (Å²) in [7, 11) is 0. The van der Waals surface area contributed by atoms with Crippen molar-refractivity contribution in [3.63, 3.8) is 0 Å². The Labute approximate surface area is 131 Å². The zero-order valence-electron chi connectivity index (χ0n) is 13.1. The Morgan fingerprint density at radius 1 is 1.09 bits per heavy atom. The van der Waals surface area contributed by atoms with Crippen molar-refractivity contribution in [3.05, 3.63) is 53.0 Å². The lowest BCUT2D eigenvalue weighted by atomic mass is 10.1. The molecule has 0 aliphatic rings. The minimum absolute atomic E-state index is 0.238. The maximum atomic E-state index is 13.0. The zero-order valence-corrected chi connectivity index (χ0v) is 13.1. The molecule has 0 atom stereocenters. The number of hydrogen-bond donors (Lipinski definition) is 0. The average Bonchev–Trinajstić information content (AvgIpc) is 2.84. The van der Waals surface area contributed by atoms with Crippen molar-refractivity contribution in [3.8, 4) is 5.82 Å². The summed E-state index contributed by atoms with van der Waals surface area (Å²) in [4.78, 5) is 8.67. The fraction of sp³-hybridized carbons (Fsp3) is 0.294. The number of aryl methyl sites for hydroxylation is 3. The largest absolute Gasteiger partial charge is 0.416 e. The van der Waals surface area contributed by atoms with Gasteiger partial charge in [0.05, 0.1) is 16.6 Å². The van der Waals surface area contributed by atoms with E-state index in [-0.39, 0.29) is 5.82 Å². The zero-order chi connectivity index (χ0) is 16.8. The van der Waals surface area contributed by atoms with Crippen LogP contribution in [0.3, 0.4) is 0 Å². The third kappa shape index (κ3) is 2.69. The maximum absolute atomic E-state index is 13.0. The van der Waals surface area contributed by atoms with E-state index in [0.29, 0.717) is 12.2 Å². The van der Waals surface area contributed by atoms with Crippen molar-refractivity contribution in [2.24, 2.45) is 0 Å². The van der Waals surface area contributed by atoms with Crippen LogP contribution < -0.4 is 0 Å². The first kappa shape index (κ1) is 15.5. The molecule has 0 N–H and O–H groups in total. The summed E-state index contributed by atoms with van der Waals surface area (Å²) >= 11 is 0. The molecule has 0 spiro atoms. The van der Waals surface area contributed by atoms with Crippen molar-refractivity contribution < 1.29 is 13.2 Å². The number of alkyl halides is 3. The highest BCUT2D eigenvalue weighted by Crippen LogP contribution is 2.31. The lowest BCUT2D eigenvalue weighted by Crippen LogP contribution is -2.08. The van der Waals surface area contributed by atoms with Gasteiger partial charge in [-0.2, -0.15) is 13.2 Å². The van der Waals surface area contributed by atoms with Crippen LogP contribution >= 0.6 is 0 Å². The predicted octanol–water partition coefficient (Wildman–Crippen LogP) is 4.62. The van der Waals surface area contributed by atoms with Crippen molar-refractivity contribution in [1.29, 1.82) is 0 Å². The second-order valence-corrected chi connectivity index (χ2v) is 5.54. The third-order valence-electron chi connectivity index (χ3n) is 3.96. The van der Waals surface area contributed by atoms with Crippen molar-refractivity contribution in [2.75, 3.05) is 0 Å². The number of pyridine rings is 1. The molecule has 0 unspecified atom stereocenters. The molecular formula is C17H16F3N3. The lowest BCUT2D eigenvalue weighted by molar-refractivity contribution is -0.137. The van der Waals surface area contributed by atoms with E-state index in [1.165, 1.54) is 6.20 Å². The fourth-order valence-electron chi connectivity index (χ4n) is 2.59. The number of imidazole rings is 1. The lowest BCUT2D eigenvalue weighted by Gasteiger charge is -2.11. The van der Waals surface area contributed by atoms with E-state index < -0.39 is 11.7 Å². The minimum Gasteiger partial charge on any atom is -0.280 e. The molecular weight excluding hydrogens is 303 g/mol. The monoisotopic (exact) mass is 319 g/mol. The second kappa shape index (κ2) is 5.37. The van der Waals surface area contributed by atoms with Crippen molar-refractivity contribution in [2.45, 2.75) is 33.4 Å². The maximum Gasteiger partial charge on any atom is 0.416 e. The standard InChI is InChI=1S/C17H16F3N3/c1-4-15-22-13-7-10(2)11(3)8-14(13)23(15)16-9-12(5-6-21-16)17(18,19)20/h5-9H,4H2,1-3H3. The number of fused-ring (bicyclic) bond motifs is 1. The molecule has 0 bridgehead atoms. The number of halogens is 3. The van der Waals surface area contributed by atoms with Crippen molar-refractivity contribution >= 4 is 11.0 Å². The van der Waals surface area contributed by atoms with E-state index in [1.54, 1.807) is 4.57 Å². The highest BCUT2D eigenvalue weighted by molar-refractivity contribution is 5.80. The van der Waals surface area contributed by atoms with Crippen LogP contribution in [0.25, 0.3) is 16.9 Å². The number of aromatic nitrogens is 3. The number of nitrogens with zero attached hydrogens (tertiary/aromatic N) is 3. The smallest absolute Gasteiger partial charge is 0.280 e. The summed E-state index contributed by atoms with van der Waals surface area (Å²) in [6, 6.07) is 5.94. The van der Waals surface area contributed by atoms with Crippen molar-refractivity contribution in [1.82, 2.24) is 14.5 Å². The third-order valence-corrected chi connectivity index (χ3v) is 3.96. The van der Waals surface area contributed by atoms with Gasteiger partial charge in [0.1, 0.15) is 11.6 Å². The molecule has 23 heavy (non-hydrogen) atoms. The van der Waals surface area contributed by atoms with E-state index in [2.05, 4.69) is 9.97 Å². The Balaban J connectivity index is 2.29. The van der Waals surface area contributed by atoms with Gasteiger partial charge in [-0.1, -0.05) is 6.92 Å². The SMILES string of the molecule is CCc1nc2cc(C)c(C)cc2n1-c1cc(C(F)(F)F)ccn1. The normalized spacial score (nSPS) is 12.1. The van der Waals surface area contributed by atoms with Crippen LogP contribution in [0, 0.1) is 13.8 Å². The van der Waals surface area contributed by atoms with Crippen LogP contribution in [0.2, 0.25) is 0 Å². The van der Waals surface area contributed by atoms with Crippen LogP contribution in [-0.2, 0) is 12.6 Å². The molecule has 120 valence electrons. The van der Waals surface area contributed by atoms with Crippen LogP contribution in [0.1, 0.15) is 29.4 Å². The summed E-state index contributed by atoms with van der Waals surface area (Å²) in [5.74, 6) is 0.930. The molecule has 6 heteroatoms. The quantitative estimate of drug-likeness (QED) is 0.690. The number of rotatable bonds is 2. The first-order chi connectivity index (χ1) is 10.8. The Morgan fingerprint density at radius 2 is 1.78 bits per heavy atom. The van der Waals surface area contributed by atoms with Gasteiger partial charge in [0, 0.05) is 12.6 Å². The van der Waals surface area contributed by atoms with Gasteiger partial charge in [-0.3, -0.25) is 4.57 Å². The van der Waals surface area contributed by atoms with E-state index in [9.17, 15) is 13.2 Å². The fourth-order valence-corrected chi connectivity index (χ4v) is 2.59. The Morgan fingerprint density at radius 3 is 2.43 bits per heavy atom. The van der Waals surface area contributed by atoms with E-state index in [0.717, 1.165) is 34.3 Å². The van der Waals surface area contributed by atoms with Gasteiger partial charge >= 0.3 is 6.18 Å². The highest BCUT2D eigenvalue weighted by Gasteiger charge is 2.31. The van der Waals surface area contributed by atoms with Gasteiger partial charge in [-0.15, -0.1) is 0 Å². The molecule has 0 saturated heterocycles. The molecule has 0 amide bonds. The molecule has 2 aromatic heterocycles. The van der Waals surface area contributed by atoms with E-state index in [1.807, 2.05) is 32.9 Å². The topological polar surface area (TPSA) is 30.7 Å². The molecule has 0 saturated carbocycles. The summed E-state index contributed by atoms with van der Waals surface area (Å²) < 4.78 is 40.6. The van der Waals surface area contributed by atoms with Crippen LogP contribution in [-0.4, -0.2) is 14.5 Å². The highest BCUT2D eigenvalue weighted by atomic mass is 19.4. The Kier molecular flexibility index (Phi) is 3.62. The molecule has 0 aliphatic carbocycles. The van der Waals surface area contributed by atoms with Crippen LogP contribution in [0.15, 0.2) is 30.5 Å². The van der Waals surface area contributed by atoms with Gasteiger partial charge in [0.15, 0.2) is 0 Å². The minimum atomic E-state index is -4.40. The average molecular weight is 319 g/mol. The molecule has 2 heterocycles. The molecule has 0 aliphatic heterocycles. The molecule has 3 nitrogen and oxygen atoms in total. The summed E-state index contributed by atoms with van der Waals surface area (Å²) in [6.07, 6.45) is -2.61. The molecule has 3 aromatic rings. The van der Waals surface area contributed by atoms with E-state index >= 15 is 0 Å². The van der Waals surface area contributed by atoms with Gasteiger partial charge in [-0.05, 0) is 49.2 Å². The number of benzene rings is 1. The Bertz CT molecular complexity index is 879. The molecule has 3 rings (SSSR count). The van der Waals surface area contributed by atoms with Crippen LogP contribution in [0.5, 0.6) is 0 Å². The summed E-state index contributed by atoms with van der Waals surface area (Å²) in [5, 5.41) is 0. The molecule has 0 fully saturated rings. The Hall–Kier alpha value is -2.37. The predicted molar refractivity (Wildman–Crippen MR) is 82.7 cm³/mol. The summed E-state index contributed by atoms with van der Waals surface area (Å²) in [6.45, 7) is 5.88. The van der Waals surface area contributed by atoms with Gasteiger partial charge in [0.2, 0.25) is 0 Å².